The number of nitrogens with zero attached hydrogens (tertiary/aromatic N) is 1. The molecular weight excluding hydrogens is 318 g/mol. The van der Waals surface area contributed by atoms with E-state index in [-0.39, 0.29) is 12.2 Å². The number of rotatable bonds is 6. The largest absolute Gasteiger partial charge is 0.492 e. The van der Waals surface area contributed by atoms with Gasteiger partial charge in [0.25, 0.3) is 5.91 Å². The molecule has 0 radical (unpaired) electrons. The van der Waals surface area contributed by atoms with E-state index >= 15 is 0 Å². The summed E-state index contributed by atoms with van der Waals surface area (Å²) in [5.41, 5.74) is 0.414. The van der Waals surface area contributed by atoms with Crippen molar-refractivity contribution in [3.05, 3.63) is 59.7 Å². The van der Waals surface area contributed by atoms with Crippen LogP contribution in [0.15, 0.2) is 48.5 Å². The predicted octanol–water partition coefficient (Wildman–Crippen LogP) is 2.59. The summed E-state index contributed by atoms with van der Waals surface area (Å²) < 4.78 is 5.72. The Hall–Kier alpha value is -2.66. The second kappa shape index (κ2) is 6.69. The van der Waals surface area contributed by atoms with Crippen LogP contribution in [0.25, 0.3) is 0 Å². The van der Waals surface area contributed by atoms with Gasteiger partial charge in [-0.3, -0.25) is 9.59 Å². The third-order valence-electron chi connectivity index (χ3n) is 4.32. The highest BCUT2D eigenvalue weighted by Gasteiger charge is 2.50. The fraction of sp³-hybridized carbons (Fsp3) is 0.300. The molecule has 1 aliphatic rings. The molecule has 1 heterocycles. The summed E-state index contributed by atoms with van der Waals surface area (Å²) in [5.74, 6) is 0.0270. The molecule has 3 rings (SSSR count). The lowest BCUT2D eigenvalue weighted by atomic mass is 9.90. The number of ketones is 1. The number of hydrogen-bond acceptors (Lipinski definition) is 4. The number of amides is 1. The van der Waals surface area contributed by atoms with Gasteiger partial charge in [-0.15, -0.1) is 0 Å². The van der Waals surface area contributed by atoms with E-state index in [4.69, 9.17) is 4.74 Å². The number of para-hydroxylation sites is 1. The van der Waals surface area contributed by atoms with Gasteiger partial charge in [0.2, 0.25) is 0 Å². The molecule has 130 valence electrons. The number of Topliss-reactive ketones (excluding diaryl/α,β-unsaturated/α-hetero) is 1. The third kappa shape index (κ3) is 3.28. The lowest BCUT2D eigenvalue weighted by Crippen LogP contribution is -2.43. The maximum atomic E-state index is 12.8. The molecule has 25 heavy (non-hydrogen) atoms. The highest BCUT2D eigenvalue weighted by molar-refractivity contribution is 6.08. The van der Waals surface area contributed by atoms with Crippen LogP contribution in [0, 0.1) is 6.92 Å². The van der Waals surface area contributed by atoms with Crippen LogP contribution >= 0.6 is 0 Å². The lowest BCUT2D eigenvalue weighted by Gasteiger charge is -2.22. The molecule has 5 heteroatoms. The molecule has 1 atom stereocenters. The Bertz CT molecular complexity index is 817. The van der Waals surface area contributed by atoms with Crippen molar-refractivity contribution in [2.24, 2.45) is 0 Å². The van der Waals surface area contributed by atoms with Crippen LogP contribution in [0.4, 0.5) is 5.69 Å². The van der Waals surface area contributed by atoms with E-state index in [0.29, 0.717) is 24.4 Å². The number of benzene rings is 2. The van der Waals surface area contributed by atoms with Gasteiger partial charge in [-0.1, -0.05) is 30.3 Å². The number of carbonyl (C=O) groups excluding carboxylic acids is 2. The van der Waals surface area contributed by atoms with Gasteiger partial charge in [0.1, 0.15) is 18.1 Å². The Kier molecular flexibility index (Phi) is 4.59. The number of ether oxygens (including phenoxy) is 1. The van der Waals surface area contributed by atoms with Crippen LogP contribution in [0.5, 0.6) is 5.75 Å². The van der Waals surface area contributed by atoms with E-state index in [0.717, 1.165) is 11.3 Å². The first-order valence-corrected chi connectivity index (χ1v) is 8.24. The fourth-order valence-electron chi connectivity index (χ4n) is 3.22. The summed E-state index contributed by atoms with van der Waals surface area (Å²) in [7, 11) is 0. The molecule has 0 aromatic heterocycles. The lowest BCUT2D eigenvalue weighted by molar-refractivity contribution is -0.141. The topological polar surface area (TPSA) is 66.8 Å². The smallest absolute Gasteiger partial charge is 0.264 e. The maximum Gasteiger partial charge on any atom is 0.264 e. The molecular formula is C20H21NO4. The molecule has 0 unspecified atom stereocenters. The Morgan fingerprint density at radius 1 is 1.20 bits per heavy atom. The molecule has 1 aliphatic heterocycles. The van der Waals surface area contributed by atoms with E-state index in [2.05, 4.69) is 0 Å². The third-order valence-corrected chi connectivity index (χ3v) is 4.32. The predicted molar refractivity (Wildman–Crippen MR) is 94.7 cm³/mol. The summed E-state index contributed by atoms with van der Waals surface area (Å²) in [4.78, 5) is 25.8. The molecule has 0 saturated carbocycles. The first-order chi connectivity index (χ1) is 11.9. The van der Waals surface area contributed by atoms with Crippen molar-refractivity contribution in [2.45, 2.75) is 25.9 Å². The minimum atomic E-state index is -1.79. The van der Waals surface area contributed by atoms with Gasteiger partial charge in [0.15, 0.2) is 5.60 Å². The summed E-state index contributed by atoms with van der Waals surface area (Å²) in [6.07, 6.45) is -0.224. The molecule has 2 aromatic rings. The van der Waals surface area contributed by atoms with Gasteiger partial charge in [0, 0.05) is 12.0 Å². The van der Waals surface area contributed by atoms with Gasteiger partial charge in [-0.05, 0) is 37.6 Å². The van der Waals surface area contributed by atoms with Gasteiger partial charge in [-0.25, -0.2) is 0 Å². The second-order valence-electron chi connectivity index (χ2n) is 6.38. The molecule has 5 nitrogen and oxygen atoms in total. The maximum absolute atomic E-state index is 12.8. The Labute approximate surface area is 146 Å². The summed E-state index contributed by atoms with van der Waals surface area (Å²) in [6, 6.07) is 14.7. The first-order valence-electron chi connectivity index (χ1n) is 8.24. The van der Waals surface area contributed by atoms with Gasteiger partial charge in [-0.2, -0.15) is 0 Å². The molecule has 0 saturated heterocycles. The number of aryl methyl sites for hydroxylation is 1. The van der Waals surface area contributed by atoms with Crippen LogP contribution in [-0.4, -0.2) is 29.9 Å². The molecule has 1 N–H and O–H groups in total. The van der Waals surface area contributed by atoms with Crippen LogP contribution < -0.4 is 9.64 Å². The minimum Gasteiger partial charge on any atom is -0.492 e. The number of hydrogen-bond donors (Lipinski definition) is 1. The molecule has 1 amide bonds. The zero-order chi connectivity index (χ0) is 18.0. The first kappa shape index (κ1) is 17.2. The van der Waals surface area contributed by atoms with Gasteiger partial charge < -0.3 is 14.7 Å². The summed E-state index contributed by atoms with van der Waals surface area (Å²) in [5, 5.41) is 10.9. The number of aliphatic hydroxyl groups is 1. The van der Waals surface area contributed by atoms with E-state index in [9.17, 15) is 14.7 Å². The van der Waals surface area contributed by atoms with Crippen LogP contribution in [0.2, 0.25) is 0 Å². The van der Waals surface area contributed by atoms with Crippen LogP contribution in [0.1, 0.15) is 24.5 Å². The molecule has 2 aromatic carbocycles. The Balaban J connectivity index is 1.78. The average Bonchev–Trinajstić information content (AvgIpc) is 2.76. The van der Waals surface area contributed by atoms with E-state index in [1.54, 1.807) is 24.3 Å². The SMILES string of the molecule is CC(=O)C[C@@]1(O)C(=O)N(CCOc2cccc(C)c2)c2ccccc21. The van der Waals surface area contributed by atoms with Crippen molar-refractivity contribution in [1.29, 1.82) is 0 Å². The average molecular weight is 339 g/mol. The summed E-state index contributed by atoms with van der Waals surface area (Å²) >= 11 is 0. The number of carbonyl (C=O) groups is 2. The normalized spacial score (nSPS) is 19.0. The van der Waals surface area contributed by atoms with Crippen LogP contribution in [-0.2, 0) is 15.2 Å². The van der Waals surface area contributed by atoms with E-state index < -0.39 is 11.5 Å². The minimum absolute atomic E-state index is 0.224. The summed E-state index contributed by atoms with van der Waals surface area (Å²) in [6.45, 7) is 3.94. The molecule has 0 aliphatic carbocycles. The quantitative estimate of drug-likeness (QED) is 0.878. The zero-order valence-corrected chi connectivity index (χ0v) is 14.4. The standard InChI is InChI=1S/C20H21NO4/c1-14-6-5-7-16(12-14)25-11-10-21-18-9-4-3-8-17(18)20(24,19(21)23)13-15(2)22/h3-9,12,24H,10-11,13H2,1-2H3/t20-/m0/s1. The van der Waals surface area contributed by atoms with Crippen molar-refractivity contribution >= 4 is 17.4 Å². The van der Waals surface area contributed by atoms with Gasteiger partial charge in [0.05, 0.1) is 12.2 Å². The fourth-order valence-corrected chi connectivity index (χ4v) is 3.22. The van der Waals surface area contributed by atoms with E-state index in [1.807, 2.05) is 31.2 Å². The highest BCUT2D eigenvalue weighted by atomic mass is 16.5. The monoisotopic (exact) mass is 339 g/mol. The highest BCUT2D eigenvalue weighted by Crippen LogP contribution is 2.42. The number of fused-ring (bicyclic) bond motifs is 1. The molecule has 0 fully saturated rings. The van der Waals surface area contributed by atoms with Crippen molar-refractivity contribution < 1.29 is 19.4 Å². The van der Waals surface area contributed by atoms with Crippen molar-refractivity contribution in [3.63, 3.8) is 0 Å². The van der Waals surface area contributed by atoms with Gasteiger partial charge >= 0.3 is 0 Å². The van der Waals surface area contributed by atoms with Crippen molar-refractivity contribution in [3.8, 4) is 5.75 Å². The second-order valence-corrected chi connectivity index (χ2v) is 6.38. The molecule has 0 spiro atoms. The number of anilines is 1. The van der Waals surface area contributed by atoms with Crippen molar-refractivity contribution in [1.82, 2.24) is 0 Å². The van der Waals surface area contributed by atoms with E-state index in [1.165, 1.54) is 11.8 Å². The zero-order valence-electron chi connectivity index (χ0n) is 14.4. The van der Waals surface area contributed by atoms with Crippen molar-refractivity contribution in [2.75, 3.05) is 18.1 Å². The van der Waals surface area contributed by atoms with Crippen LogP contribution in [0.3, 0.4) is 0 Å². The molecule has 0 bridgehead atoms. The Morgan fingerprint density at radius 2 is 1.96 bits per heavy atom. The Morgan fingerprint density at radius 3 is 2.68 bits per heavy atom.